The van der Waals surface area contributed by atoms with Gasteiger partial charge in [0.15, 0.2) is 15.6 Å². The van der Waals surface area contributed by atoms with Gasteiger partial charge in [-0.2, -0.15) is 49.7 Å². The summed E-state index contributed by atoms with van der Waals surface area (Å²) >= 11 is 0. The molecule has 0 saturated heterocycles. The summed E-state index contributed by atoms with van der Waals surface area (Å²) in [5, 5.41) is 41.0. The number of aryl methyl sites for hydroxylation is 2. The summed E-state index contributed by atoms with van der Waals surface area (Å²) in [5.41, 5.74) is 0.284. The Bertz CT molecular complexity index is 3020. The van der Waals surface area contributed by atoms with E-state index >= 15 is 0 Å². The first kappa shape index (κ1) is 50.0. The molecule has 61 heavy (non-hydrogen) atoms. The molecule has 0 amide bonds. The maximum absolute atomic E-state index is 14.4. The van der Waals surface area contributed by atoms with Gasteiger partial charge in [-0.25, -0.2) is 12.6 Å². The van der Waals surface area contributed by atoms with Crippen LogP contribution >= 0.6 is 0 Å². The Morgan fingerprint density at radius 3 is 2.07 bits per heavy atom. The van der Waals surface area contributed by atoms with E-state index in [9.17, 15) is 57.4 Å². The molecule has 4 aromatic carbocycles. The van der Waals surface area contributed by atoms with Gasteiger partial charge in [0.2, 0.25) is 11.9 Å². The number of sulfone groups is 1. The number of nitrogens with one attached hydrogen (secondary N) is 1. The van der Waals surface area contributed by atoms with E-state index in [1.807, 2.05) is 0 Å². The monoisotopic (exact) mass is 978 g/mol. The van der Waals surface area contributed by atoms with Crippen LogP contribution < -0.4 is 10.2 Å². The Balaban J connectivity index is 0.00000496. The fourth-order valence-corrected chi connectivity index (χ4v) is 7.80. The quantitative estimate of drug-likeness (QED) is 0.0427. The minimum atomic E-state index is -4.90. The molecular weight excluding hydrogens is 945 g/mol. The van der Waals surface area contributed by atoms with E-state index < -0.39 is 92.0 Å². The van der Waals surface area contributed by atoms with E-state index in [1.54, 1.807) is 19.1 Å². The molecule has 5 aromatic rings. The molecule has 1 radical (unpaired) electrons. The Hall–Kier alpha value is -5.36. The van der Waals surface area contributed by atoms with Gasteiger partial charge in [-0.3, -0.25) is 13.7 Å². The third-order valence-corrected chi connectivity index (χ3v) is 11.6. The van der Waals surface area contributed by atoms with Gasteiger partial charge < -0.3 is 20.4 Å². The first-order valence-electron chi connectivity index (χ1n) is 16.0. The minimum absolute atomic E-state index is 0. The van der Waals surface area contributed by atoms with Gasteiger partial charge in [0.1, 0.15) is 33.6 Å². The summed E-state index contributed by atoms with van der Waals surface area (Å²) in [7, 11) is -17.3. The summed E-state index contributed by atoms with van der Waals surface area (Å²) in [4.78, 5) is 10.5. The molecule has 0 fully saturated rings. The molecule has 0 aliphatic carbocycles. The number of phenols is 2. The largest absolute Gasteiger partial charge is 0.506 e. The Kier molecular flexibility index (Phi) is 15.7. The maximum atomic E-state index is 14.4. The van der Waals surface area contributed by atoms with E-state index in [2.05, 4.69) is 44.9 Å². The zero-order chi connectivity index (χ0) is 43.7. The average Bonchev–Trinajstić information content (AvgIpc) is 3.10. The fraction of sp³-hybridized carbons (Fsp3) is 0.219. The first-order valence-corrected chi connectivity index (χ1v) is 22.1. The number of benzene rings is 4. The number of azo groups is 2. The van der Waals surface area contributed by atoms with Gasteiger partial charge in [0.25, 0.3) is 20.2 Å². The van der Waals surface area contributed by atoms with Gasteiger partial charge in [0, 0.05) is 41.3 Å². The van der Waals surface area contributed by atoms with Crippen LogP contribution in [0.15, 0.2) is 84.8 Å². The van der Waals surface area contributed by atoms with Crippen molar-refractivity contribution in [2.24, 2.45) is 20.5 Å². The summed E-state index contributed by atoms with van der Waals surface area (Å²) in [6, 6.07) is 10.7. The van der Waals surface area contributed by atoms with Crippen LogP contribution in [-0.4, -0.2) is 97.8 Å². The van der Waals surface area contributed by atoms with Crippen LogP contribution in [-0.2, 0) is 61.7 Å². The van der Waals surface area contributed by atoms with Crippen LogP contribution in [0.2, 0.25) is 0 Å². The van der Waals surface area contributed by atoms with E-state index in [1.165, 1.54) is 32.2 Å². The standard InChI is InChI=1S/C31H30FN9O14S4.CH4.Cu/c1-16-11-23(25(42)14-22(16)37-39-24-13-20(57(46,47)48)5-7-26(24)58(49,50)51)38-40-27-17(2)10-18-12-19(4-6-21(18)28(27)43)33-30-34-29(32)35-31(36-30)41(3)15-56(44,45)9-8-55-59(52,53)54;;/h4-7,10-14,42-43H,8-9,15H2,1-3H3,(H,46,47,48)(H,49,50,51)(H,52,53,54)(H,33,34,35,36);1H4;. The van der Waals surface area contributed by atoms with Gasteiger partial charge in [-0.05, 0) is 78.9 Å². The molecule has 5 rings (SSSR count). The van der Waals surface area contributed by atoms with Crippen LogP contribution in [0.5, 0.6) is 11.5 Å². The average molecular weight is 979 g/mol. The van der Waals surface area contributed by atoms with Crippen LogP contribution in [0.3, 0.4) is 0 Å². The Labute approximate surface area is 358 Å². The van der Waals surface area contributed by atoms with Crippen molar-refractivity contribution in [2.75, 3.05) is 35.5 Å². The van der Waals surface area contributed by atoms with Crippen molar-refractivity contribution >= 4 is 91.6 Å². The molecule has 0 aliphatic heterocycles. The van der Waals surface area contributed by atoms with Crippen molar-refractivity contribution in [1.82, 2.24) is 15.0 Å². The van der Waals surface area contributed by atoms with Crippen molar-refractivity contribution in [3.63, 3.8) is 0 Å². The molecule has 1 heterocycles. The molecule has 23 nitrogen and oxygen atoms in total. The molecule has 0 unspecified atom stereocenters. The molecule has 0 bridgehead atoms. The van der Waals surface area contributed by atoms with Crippen molar-refractivity contribution in [2.45, 2.75) is 31.1 Å². The topological polar surface area (TPSA) is 350 Å². The second-order valence-electron chi connectivity index (χ2n) is 12.3. The SMILES string of the molecule is C.Cc1cc(N=Nc2c(C)cc3cc(Nc4nc(F)nc(N(C)CS(=O)(=O)CCOS(=O)(=O)O)n4)ccc3c2O)c(O)cc1N=Nc1cc(S(=O)(=O)O)ccc1S(=O)(=O)O.[Cu]. The summed E-state index contributed by atoms with van der Waals surface area (Å²) in [6.07, 6.45) is -1.26. The van der Waals surface area contributed by atoms with Crippen LogP contribution in [0.25, 0.3) is 10.8 Å². The predicted octanol–water partition coefficient (Wildman–Crippen LogP) is 5.52. The molecule has 0 spiro atoms. The van der Waals surface area contributed by atoms with Crippen LogP contribution in [0, 0.1) is 19.9 Å². The number of hydrogen-bond acceptors (Lipinski definition) is 20. The third-order valence-electron chi connectivity index (χ3n) is 7.81. The number of hydrogen-bond donors (Lipinski definition) is 6. The molecule has 1 aromatic heterocycles. The van der Waals surface area contributed by atoms with Crippen LogP contribution in [0.4, 0.5) is 44.7 Å². The Morgan fingerprint density at radius 2 is 1.43 bits per heavy atom. The maximum Gasteiger partial charge on any atom is 0.397 e. The van der Waals surface area contributed by atoms with Crippen molar-refractivity contribution in [1.29, 1.82) is 0 Å². The number of aromatic nitrogens is 3. The molecule has 0 saturated carbocycles. The number of aromatic hydroxyl groups is 2. The summed E-state index contributed by atoms with van der Waals surface area (Å²) in [6.45, 7) is 2.26. The zero-order valence-corrected chi connectivity index (χ0v) is 34.8. The van der Waals surface area contributed by atoms with Crippen molar-refractivity contribution < 1.29 is 83.2 Å². The van der Waals surface area contributed by atoms with Gasteiger partial charge >= 0.3 is 16.5 Å². The molecule has 29 heteroatoms. The number of anilines is 3. The van der Waals surface area contributed by atoms with E-state index in [0.717, 1.165) is 17.0 Å². The number of nitrogens with zero attached hydrogens (tertiary/aromatic N) is 8. The fourth-order valence-electron chi connectivity index (χ4n) is 5.12. The summed E-state index contributed by atoms with van der Waals surface area (Å²) < 4.78 is 139. The molecule has 0 aliphatic rings. The van der Waals surface area contributed by atoms with E-state index in [4.69, 9.17) is 4.55 Å². The first-order chi connectivity index (χ1) is 27.3. The zero-order valence-electron chi connectivity index (χ0n) is 30.6. The van der Waals surface area contributed by atoms with Crippen LogP contribution in [0.1, 0.15) is 18.6 Å². The van der Waals surface area contributed by atoms with Gasteiger partial charge in [0.05, 0.1) is 22.9 Å². The van der Waals surface area contributed by atoms with Gasteiger partial charge in [-0.1, -0.05) is 7.43 Å². The number of halogens is 1. The molecule has 0 atom stereocenters. The van der Waals surface area contributed by atoms with Gasteiger partial charge in [-0.15, -0.1) is 15.3 Å². The number of phenolic OH excluding ortho intramolecular Hbond substituents is 2. The molecule has 333 valence electrons. The second kappa shape index (κ2) is 19.1. The third kappa shape index (κ3) is 13.1. The number of rotatable bonds is 15. The second-order valence-corrected chi connectivity index (χ2v) is 18.4. The van der Waals surface area contributed by atoms with E-state index in [0.29, 0.717) is 39.7 Å². The molecule has 6 N–H and O–H groups in total. The van der Waals surface area contributed by atoms with Crippen molar-refractivity contribution in [3.8, 4) is 11.5 Å². The normalized spacial score (nSPS) is 12.4. The van der Waals surface area contributed by atoms with E-state index in [-0.39, 0.29) is 53.3 Å². The smallest absolute Gasteiger partial charge is 0.397 e. The molecular formula is C32H34CuFN9O14S4. The Morgan fingerprint density at radius 1 is 0.770 bits per heavy atom. The van der Waals surface area contributed by atoms with Crippen molar-refractivity contribution in [3.05, 3.63) is 71.8 Å². The summed E-state index contributed by atoms with van der Waals surface area (Å²) in [5.74, 6) is -3.11. The number of fused-ring (bicyclic) bond motifs is 1. The minimum Gasteiger partial charge on any atom is -0.506 e. The predicted molar refractivity (Wildman–Crippen MR) is 212 cm³/mol.